The predicted octanol–water partition coefficient (Wildman–Crippen LogP) is 2.74. The molecule has 0 unspecified atom stereocenters. The molecule has 0 amide bonds. The van der Waals surface area contributed by atoms with E-state index in [-0.39, 0.29) is 5.56 Å². The molecule has 94 valence electrons. The number of hydrogen-bond donors (Lipinski definition) is 0. The average molecular weight is 242 g/mol. The summed E-state index contributed by atoms with van der Waals surface area (Å²) >= 11 is 0. The molecule has 0 bridgehead atoms. The van der Waals surface area contributed by atoms with Gasteiger partial charge in [0.2, 0.25) is 0 Å². The van der Waals surface area contributed by atoms with Crippen molar-refractivity contribution in [3.8, 4) is 5.69 Å². The molecule has 2 heterocycles. The van der Waals surface area contributed by atoms with Crippen molar-refractivity contribution in [1.82, 2.24) is 9.55 Å². The number of pyridine rings is 2. The Kier molecular flexibility index (Phi) is 3.60. The summed E-state index contributed by atoms with van der Waals surface area (Å²) in [6.45, 7) is 6.16. The maximum atomic E-state index is 12.3. The van der Waals surface area contributed by atoms with Crippen LogP contribution in [0.15, 0.2) is 41.5 Å². The maximum absolute atomic E-state index is 12.3. The van der Waals surface area contributed by atoms with Gasteiger partial charge >= 0.3 is 0 Å². The van der Waals surface area contributed by atoms with E-state index in [1.165, 1.54) is 0 Å². The van der Waals surface area contributed by atoms with Crippen LogP contribution in [0.4, 0.5) is 0 Å². The maximum Gasteiger partial charge on any atom is 0.258 e. The van der Waals surface area contributed by atoms with E-state index in [1.54, 1.807) is 17.0 Å². The lowest BCUT2D eigenvalue weighted by Gasteiger charge is -2.09. The summed E-state index contributed by atoms with van der Waals surface area (Å²) in [5, 5.41) is 0. The molecule has 18 heavy (non-hydrogen) atoms. The Balaban J connectivity index is 2.46. The van der Waals surface area contributed by atoms with Crippen LogP contribution < -0.4 is 5.56 Å². The van der Waals surface area contributed by atoms with Gasteiger partial charge in [0.1, 0.15) is 0 Å². The highest BCUT2D eigenvalue weighted by Crippen LogP contribution is 2.07. The second-order valence-electron chi connectivity index (χ2n) is 4.96. The van der Waals surface area contributed by atoms with Gasteiger partial charge in [-0.3, -0.25) is 14.3 Å². The fraction of sp³-hybridized carbons (Fsp3) is 0.333. The third-order valence-corrected chi connectivity index (χ3v) is 2.83. The van der Waals surface area contributed by atoms with Crippen molar-refractivity contribution in [1.29, 1.82) is 0 Å². The number of aromatic nitrogens is 2. The summed E-state index contributed by atoms with van der Waals surface area (Å²) < 4.78 is 1.66. The van der Waals surface area contributed by atoms with Gasteiger partial charge in [-0.1, -0.05) is 19.9 Å². The Hall–Kier alpha value is -1.90. The lowest BCUT2D eigenvalue weighted by Crippen LogP contribution is -2.22. The van der Waals surface area contributed by atoms with Gasteiger partial charge in [-0.05, 0) is 37.5 Å². The van der Waals surface area contributed by atoms with Crippen molar-refractivity contribution in [2.24, 2.45) is 5.92 Å². The molecular weight excluding hydrogens is 224 g/mol. The predicted molar refractivity (Wildman–Crippen MR) is 73.1 cm³/mol. The van der Waals surface area contributed by atoms with E-state index in [4.69, 9.17) is 0 Å². The molecule has 0 aliphatic carbocycles. The zero-order valence-electron chi connectivity index (χ0n) is 11.1. The molecule has 0 spiro atoms. The molecule has 2 rings (SSSR count). The van der Waals surface area contributed by atoms with Crippen LogP contribution in [0.1, 0.15) is 25.1 Å². The number of nitrogens with zero attached hydrogens (tertiary/aromatic N) is 2. The van der Waals surface area contributed by atoms with E-state index < -0.39 is 0 Å². The Morgan fingerprint density at radius 3 is 2.67 bits per heavy atom. The molecule has 0 saturated carbocycles. The largest absolute Gasteiger partial charge is 0.283 e. The molecule has 0 atom stereocenters. The van der Waals surface area contributed by atoms with Gasteiger partial charge in [-0.25, -0.2) is 0 Å². The summed E-state index contributed by atoms with van der Waals surface area (Å²) in [7, 11) is 0. The molecule has 3 heteroatoms. The van der Waals surface area contributed by atoms with Crippen molar-refractivity contribution in [3.63, 3.8) is 0 Å². The third kappa shape index (κ3) is 2.67. The van der Waals surface area contributed by atoms with Crippen molar-refractivity contribution < 1.29 is 0 Å². The van der Waals surface area contributed by atoms with Crippen LogP contribution in [-0.4, -0.2) is 9.55 Å². The number of rotatable bonds is 3. The third-order valence-electron chi connectivity index (χ3n) is 2.83. The van der Waals surface area contributed by atoms with E-state index in [1.807, 2.05) is 31.2 Å². The molecule has 2 aromatic heterocycles. The minimum absolute atomic E-state index is 0.0526. The fourth-order valence-electron chi connectivity index (χ4n) is 1.94. The van der Waals surface area contributed by atoms with E-state index >= 15 is 0 Å². The summed E-state index contributed by atoms with van der Waals surface area (Å²) in [6.07, 6.45) is 4.33. The van der Waals surface area contributed by atoms with Crippen molar-refractivity contribution >= 4 is 0 Å². The van der Waals surface area contributed by atoms with Gasteiger partial charge in [0.05, 0.1) is 11.9 Å². The molecule has 0 N–H and O–H groups in total. The number of aryl methyl sites for hydroxylation is 1. The Morgan fingerprint density at radius 1 is 1.28 bits per heavy atom. The Labute approximate surface area is 107 Å². The second-order valence-corrected chi connectivity index (χ2v) is 4.96. The minimum Gasteiger partial charge on any atom is -0.283 e. The van der Waals surface area contributed by atoms with E-state index in [0.29, 0.717) is 5.92 Å². The first-order valence-electron chi connectivity index (χ1n) is 6.21. The first-order valence-corrected chi connectivity index (χ1v) is 6.21. The minimum atomic E-state index is 0.0526. The van der Waals surface area contributed by atoms with Gasteiger partial charge < -0.3 is 0 Å². The van der Waals surface area contributed by atoms with Gasteiger partial charge in [0.15, 0.2) is 0 Å². The molecule has 0 saturated heterocycles. The van der Waals surface area contributed by atoms with Crippen LogP contribution >= 0.6 is 0 Å². The van der Waals surface area contributed by atoms with Crippen LogP contribution in [0.25, 0.3) is 5.69 Å². The molecule has 0 aliphatic heterocycles. The van der Waals surface area contributed by atoms with Crippen molar-refractivity contribution in [3.05, 3.63) is 58.3 Å². The number of hydrogen-bond acceptors (Lipinski definition) is 2. The molecule has 0 aromatic carbocycles. The lowest BCUT2D eigenvalue weighted by molar-refractivity contribution is 0.639. The molecule has 2 aromatic rings. The molecule has 0 fully saturated rings. The second kappa shape index (κ2) is 5.17. The van der Waals surface area contributed by atoms with Gasteiger partial charge in [-0.2, -0.15) is 0 Å². The van der Waals surface area contributed by atoms with Crippen LogP contribution in [0, 0.1) is 12.8 Å². The van der Waals surface area contributed by atoms with Crippen LogP contribution in [0.2, 0.25) is 0 Å². The van der Waals surface area contributed by atoms with Crippen LogP contribution in [0.5, 0.6) is 0 Å². The van der Waals surface area contributed by atoms with E-state index in [9.17, 15) is 4.79 Å². The molecule has 0 aliphatic rings. The smallest absolute Gasteiger partial charge is 0.258 e. The highest BCUT2D eigenvalue weighted by molar-refractivity contribution is 5.31. The zero-order chi connectivity index (χ0) is 13.1. The monoisotopic (exact) mass is 242 g/mol. The molecule has 0 radical (unpaired) electrons. The first kappa shape index (κ1) is 12.6. The summed E-state index contributed by atoms with van der Waals surface area (Å²) in [6, 6.07) is 7.65. The average Bonchev–Trinajstić information content (AvgIpc) is 2.33. The van der Waals surface area contributed by atoms with Gasteiger partial charge in [0.25, 0.3) is 5.56 Å². The molecule has 3 nitrogen and oxygen atoms in total. The molecular formula is C15H18N2O. The normalized spacial score (nSPS) is 10.9. The Morgan fingerprint density at radius 2 is 2.06 bits per heavy atom. The summed E-state index contributed by atoms with van der Waals surface area (Å²) in [5.74, 6) is 0.477. The SMILES string of the molecule is Cc1ccc(-n2cccc(CC(C)C)c2=O)cn1. The van der Waals surface area contributed by atoms with Crippen LogP contribution in [-0.2, 0) is 6.42 Å². The van der Waals surface area contributed by atoms with Crippen molar-refractivity contribution in [2.75, 3.05) is 0 Å². The quantitative estimate of drug-likeness (QED) is 0.829. The highest BCUT2D eigenvalue weighted by atomic mass is 16.1. The van der Waals surface area contributed by atoms with Crippen molar-refractivity contribution in [2.45, 2.75) is 27.2 Å². The van der Waals surface area contributed by atoms with E-state index in [0.717, 1.165) is 23.4 Å². The highest BCUT2D eigenvalue weighted by Gasteiger charge is 2.06. The van der Waals surface area contributed by atoms with Gasteiger partial charge in [0, 0.05) is 17.5 Å². The van der Waals surface area contributed by atoms with E-state index in [2.05, 4.69) is 18.8 Å². The fourth-order valence-corrected chi connectivity index (χ4v) is 1.94. The standard InChI is InChI=1S/C15H18N2O/c1-11(2)9-13-5-4-8-17(15(13)18)14-7-6-12(3)16-10-14/h4-8,10-11H,9H2,1-3H3. The van der Waals surface area contributed by atoms with Gasteiger partial charge in [-0.15, -0.1) is 0 Å². The van der Waals surface area contributed by atoms with Crippen LogP contribution in [0.3, 0.4) is 0 Å². The zero-order valence-corrected chi connectivity index (χ0v) is 11.1. The lowest BCUT2D eigenvalue weighted by atomic mass is 10.0. The first-order chi connectivity index (χ1) is 8.58. The Bertz CT molecular complexity index is 582. The topological polar surface area (TPSA) is 34.9 Å². The summed E-state index contributed by atoms with van der Waals surface area (Å²) in [5.41, 5.74) is 2.67. The summed E-state index contributed by atoms with van der Waals surface area (Å²) in [4.78, 5) is 16.6.